The number of rotatable bonds is 21. The first-order chi connectivity index (χ1) is 32.7. The Morgan fingerprint density at radius 2 is 1.69 bits per heavy atom. The van der Waals surface area contributed by atoms with E-state index in [0.717, 1.165) is 95.8 Å². The lowest BCUT2D eigenvalue weighted by Gasteiger charge is -2.37. The molecular formula is C55H78N7O4PS. The van der Waals surface area contributed by atoms with E-state index >= 15 is 0 Å². The molecule has 0 saturated carbocycles. The smallest absolute Gasteiger partial charge is 0.259 e. The molecule has 2 atom stereocenters. The quantitative estimate of drug-likeness (QED) is 0.0816. The molecule has 1 aliphatic carbocycles. The number of nitrogens with one attached hydrogen (secondary N) is 1. The summed E-state index contributed by atoms with van der Waals surface area (Å²) in [6, 6.07) is 21.1. The van der Waals surface area contributed by atoms with E-state index < -0.39 is 8.53 Å². The van der Waals surface area contributed by atoms with E-state index in [1.165, 1.54) is 55.3 Å². The number of nitrogens with zero attached hydrogens (tertiary/aromatic N) is 6. The highest BCUT2D eigenvalue weighted by molar-refractivity contribution is 8.00. The van der Waals surface area contributed by atoms with E-state index in [1.807, 2.05) is 18.8 Å². The van der Waals surface area contributed by atoms with Gasteiger partial charge in [0.2, 0.25) is 5.91 Å². The first-order valence-corrected chi connectivity index (χ1v) is 27.3. The number of nitriles is 1. The number of unbranched alkanes of at least 4 members (excludes halogenated alkanes) is 3. The van der Waals surface area contributed by atoms with Crippen LogP contribution in [0, 0.1) is 11.3 Å². The van der Waals surface area contributed by atoms with Gasteiger partial charge in [-0.3, -0.25) is 9.69 Å². The Bertz CT molecular complexity index is 2300. The van der Waals surface area contributed by atoms with E-state index in [-0.39, 0.29) is 23.4 Å². The highest BCUT2D eigenvalue weighted by Crippen LogP contribution is 2.54. The van der Waals surface area contributed by atoms with Gasteiger partial charge in [0.1, 0.15) is 5.75 Å². The normalized spacial score (nSPS) is 18.1. The maximum atomic E-state index is 12.9. The zero-order valence-corrected chi connectivity index (χ0v) is 44.2. The van der Waals surface area contributed by atoms with E-state index in [0.29, 0.717) is 37.9 Å². The molecule has 0 bridgehead atoms. The lowest BCUT2D eigenvalue weighted by atomic mass is 9.82. The first kappa shape index (κ1) is 51.8. The van der Waals surface area contributed by atoms with Crippen molar-refractivity contribution in [1.82, 2.24) is 14.5 Å². The SMILES string of the molecule is C=C1C2=Cc3ccc(N4CCN(CCCCCCC(=O)N(C)CCOP(OCCC#N)N(C(C)C)C(C)C)CC4)cc3SC2CCNc2cc3c(cc2N1CCC)-c1ccc(OC)cc1C3(C)C. The van der Waals surface area contributed by atoms with Crippen molar-refractivity contribution in [3.05, 3.63) is 83.1 Å². The van der Waals surface area contributed by atoms with Crippen LogP contribution < -0.4 is 19.9 Å². The molecule has 1 N–H and O–H groups in total. The number of benzene rings is 3. The predicted octanol–water partition coefficient (Wildman–Crippen LogP) is 11.9. The summed E-state index contributed by atoms with van der Waals surface area (Å²) >= 11 is 2.01. The number of thioether (sulfide) groups is 1. The molecule has 1 fully saturated rings. The fourth-order valence-corrected chi connectivity index (χ4v) is 13.2. The van der Waals surface area contributed by atoms with Gasteiger partial charge in [0.05, 0.1) is 44.2 Å². The van der Waals surface area contributed by atoms with Crippen molar-refractivity contribution >= 4 is 49.3 Å². The van der Waals surface area contributed by atoms with Crippen molar-refractivity contribution in [2.45, 2.75) is 127 Å². The van der Waals surface area contributed by atoms with E-state index in [1.54, 1.807) is 12.0 Å². The number of hydrogen-bond donors (Lipinski definition) is 1. The van der Waals surface area contributed by atoms with Crippen LogP contribution in [0.15, 0.2) is 71.3 Å². The van der Waals surface area contributed by atoms with E-state index in [2.05, 4.69) is 134 Å². The summed E-state index contributed by atoms with van der Waals surface area (Å²) < 4.78 is 20.0. The summed E-state index contributed by atoms with van der Waals surface area (Å²) in [5, 5.41) is 13.2. The van der Waals surface area contributed by atoms with Crippen molar-refractivity contribution < 1.29 is 18.6 Å². The minimum absolute atomic E-state index is 0.132. The highest BCUT2D eigenvalue weighted by Gasteiger charge is 2.38. The summed E-state index contributed by atoms with van der Waals surface area (Å²) in [5.74, 6) is 1.06. The van der Waals surface area contributed by atoms with Gasteiger partial charge in [0.25, 0.3) is 8.53 Å². The fourth-order valence-electron chi connectivity index (χ4n) is 10.3. The van der Waals surface area contributed by atoms with Gasteiger partial charge in [-0.05, 0) is 136 Å². The van der Waals surface area contributed by atoms with Crippen LogP contribution in [0.5, 0.6) is 5.75 Å². The Kier molecular flexibility index (Phi) is 18.0. The van der Waals surface area contributed by atoms with Gasteiger partial charge in [0, 0.05) is 98.3 Å². The van der Waals surface area contributed by atoms with Crippen LogP contribution in [0.1, 0.15) is 117 Å². The van der Waals surface area contributed by atoms with Crippen LogP contribution in [0.25, 0.3) is 17.2 Å². The Morgan fingerprint density at radius 3 is 2.41 bits per heavy atom. The molecule has 368 valence electrons. The van der Waals surface area contributed by atoms with Crippen molar-refractivity contribution in [2.75, 3.05) is 94.8 Å². The van der Waals surface area contributed by atoms with Crippen LogP contribution in [-0.2, 0) is 19.3 Å². The van der Waals surface area contributed by atoms with Crippen LogP contribution in [-0.4, -0.2) is 117 Å². The second-order valence-electron chi connectivity index (χ2n) is 19.9. The highest BCUT2D eigenvalue weighted by atomic mass is 32.2. The van der Waals surface area contributed by atoms with Gasteiger partial charge < -0.3 is 33.8 Å². The third kappa shape index (κ3) is 11.9. The molecule has 11 nitrogen and oxygen atoms in total. The Hall–Kier alpha value is -4.08. The van der Waals surface area contributed by atoms with Crippen LogP contribution >= 0.6 is 20.3 Å². The number of fused-ring (bicyclic) bond motifs is 6. The number of methoxy groups -OCH3 is 1. The molecule has 1 saturated heterocycles. The maximum Gasteiger partial charge on any atom is 0.259 e. The minimum atomic E-state index is -1.30. The summed E-state index contributed by atoms with van der Waals surface area (Å²) in [4.78, 5) is 23.7. The van der Waals surface area contributed by atoms with Crippen molar-refractivity contribution in [2.24, 2.45) is 0 Å². The fraction of sp³-hybridized carbons (Fsp3) is 0.564. The third-order valence-corrected chi connectivity index (χ3v) is 17.6. The average molecular weight is 964 g/mol. The molecule has 13 heteroatoms. The van der Waals surface area contributed by atoms with Crippen LogP contribution in [0.2, 0.25) is 0 Å². The molecule has 68 heavy (non-hydrogen) atoms. The summed E-state index contributed by atoms with van der Waals surface area (Å²) in [7, 11) is 2.31. The molecule has 1 amide bonds. The molecule has 3 aliphatic heterocycles. The van der Waals surface area contributed by atoms with Crippen molar-refractivity contribution in [1.29, 1.82) is 5.26 Å². The number of anilines is 3. The molecule has 3 aromatic carbocycles. The van der Waals surface area contributed by atoms with Crippen LogP contribution in [0.3, 0.4) is 0 Å². The van der Waals surface area contributed by atoms with Crippen molar-refractivity contribution in [3.63, 3.8) is 0 Å². The standard InChI is InChI=1S/C55H78N7O4PS/c1-11-25-61-41(6)46-34-42-18-19-43(35-53(42)68-52(46)22-24-57-50-38-49-47(37-51(50)61)45-21-20-44(64-10)36-48(45)55(49,7)8)60-29-27-59(28-30-60)26-15-13-12-14-17-54(63)58(9)31-33-66-67(65-32-16-23-56)62(39(2)3)40(4)5/h18-21,34-40,52,57H,6,11-17,22,24-33H2,1-5,7-10H3. The maximum absolute atomic E-state index is 12.9. The molecule has 3 heterocycles. The van der Waals surface area contributed by atoms with E-state index in [9.17, 15) is 4.79 Å². The number of amides is 1. The molecule has 7 rings (SSSR count). The largest absolute Gasteiger partial charge is 0.497 e. The molecule has 0 radical (unpaired) electrons. The van der Waals surface area contributed by atoms with E-state index in [4.69, 9.17) is 25.6 Å². The van der Waals surface area contributed by atoms with Gasteiger partial charge in [-0.1, -0.05) is 52.3 Å². The monoisotopic (exact) mass is 964 g/mol. The summed E-state index contributed by atoms with van der Waals surface area (Å²) in [6.07, 6.45) is 9.62. The number of carbonyl (C=O) groups excluding carboxylic acids is 1. The average Bonchev–Trinajstić information content (AvgIpc) is 3.56. The lowest BCUT2D eigenvalue weighted by Crippen LogP contribution is -2.46. The number of carbonyl (C=O) groups is 1. The Labute approximate surface area is 414 Å². The zero-order chi connectivity index (χ0) is 48.5. The van der Waals surface area contributed by atoms with Crippen LogP contribution in [0.4, 0.5) is 17.1 Å². The van der Waals surface area contributed by atoms with Gasteiger partial charge >= 0.3 is 0 Å². The third-order valence-electron chi connectivity index (χ3n) is 14.1. The molecular weight excluding hydrogens is 886 g/mol. The first-order valence-electron chi connectivity index (χ1n) is 25.3. The van der Waals surface area contributed by atoms with Gasteiger partial charge in [-0.15, -0.1) is 11.8 Å². The topological polar surface area (TPSA) is 96.8 Å². The zero-order valence-electron chi connectivity index (χ0n) is 42.5. The Morgan fingerprint density at radius 1 is 0.956 bits per heavy atom. The second kappa shape index (κ2) is 23.7. The number of allylic oxidation sites excluding steroid dienone is 1. The van der Waals surface area contributed by atoms with Gasteiger partial charge in [0.15, 0.2) is 0 Å². The number of likely N-dealkylation sites (N-methyl/N-ethyl adjacent to an activating group) is 1. The molecule has 4 aliphatic rings. The number of piperazine rings is 1. The molecule has 0 spiro atoms. The molecule has 3 aromatic rings. The van der Waals surface area contributed by atoms with Gasteiger partial charge in [-0.25, -0.2) is 4.67 Å². The Balaban J connectivity index is 0.878. The minimum Gasteiger partial charge on any atom is -0.497 e. The number of ether oxygens (including phenoxy) is 1. The molecule has 0 aromatic heterocycles. The van der Waals surface area contributed by atoms with Gasteiger partial charge in [-0.2, -0.15) is 5.26 Å². The number of hydrogen-bond acceptors (Lipinski definition) is 11. The van der Waals surface area contributed by atoms with Crippen molar-refractivity contribution in [3.8, 4) is 22.9 Å². The predicted molar refractivity (Wildman–Crippen MR) is 285 cm³/mol. The second-order valence-corrected chi connectivity index (χ2v) is 22.6. The summed E-state index contributed by atoms with van der Waals surface area (Å²) in [6.45, 7) is 28.6. The molecule has 2 unspecified atom stereocenters. The lowest BCUT2D eigenvalue weighted by molar-refractivity contribution is -0.130. The summed E-state index contributed by atoms with van der Waals surface area (Å²) in [5.41, 5.74) is 12.6.